The number of ether oxygens (including phenoxy) is 2. The summed E-state index contributed by atoms with van der Waals surface area (Å²) in [7, 11) is 3.37. The zero-order valence-corrected chi connectivity index (χ0v) is 15.7. The fraction of sp³-hybridized carbons (Fsp3) is 0.300. The van der Waals surface area contributed by atoms with Crippen molar-refractivity contribution in [2.75, 3.05) is 27.3 Å². The van der Waals surface area contributed by atoms with E-state index in [-0.39, 0.29) is 0 Å². The van der Waals surface area contributed by atoms with Crippen molar-refractivity contribution < 1.29 is 9.47 Å². The predicted octanol–water partition coefficient (Wildman–Crippen LogP) is 4.50. The van der Waals surface area contributed by atoms with Crippen molar-refractivity contribution in [1.82, 2.24) is 4.90 Å². The van der Waals surface area contributed by atoms with Gasteiger partial charge in [0.15, 0.2) is 11.5 Å². The molecule has 1 aliphatic heterocycles. The van der Waals surface area contributed by atoms with Gasteiger partial charge in [-0.2, -0.15) is 0 Å². The molecule has 0 saturated heterocycles. The van der Waals surface area contributed by atoms with Crippen molar-refractivity contribution in [3.05, 3.63) is 63.6 Å². The van der Waals surface area contributed by atoms with Crippen LogP contribution in [0.25, 0.3) is 6.08 Å². The SMILES string of the molecule is COc1cc2c(cc1OC)CN(C/C(Br)=C/c1ccccc1)CC2. The Hall–Kier alpha value is -1.78. The molecule has 0 atom stereocenters. The number of fused-ring (bicyclic) bond motifs is 1. The first-order valence-electron chi connectivity index (χ1n) is 8.07. The van der Waals surface area contributed by atoms with E-state index in [0.29, 0.717) is 0 Å². The third-order valence-corrected chi connectivity index (χ3v) is 4.77. The third-order valence-electron chi connectivity index (χ3n) is 4.29. The molecule has 3 rings (SSSR count). The molecule has 2 aromatic carbocycles. The number of hydrogen-bond donors (Lipinski definition) is 0. The first-order valence-corrected chi connectivity index (χ1v) is 8.86. The highest BCUT2D eigenvalue weighted by atomic mass is 79.9. The molecule has 126 valence electrons. The van der Waals surface area contributed by atoms with Gasteiger partial charge in [-0.1, -0.05) is 46.3 Å². The standard InChI is InChI=1S/C20H22BrNO2/c1-23-19-11-16-8-9-22(13-17(16)12-20(19)24-2)14-18(21)10-15-6-4-3-5-7-15/h3-7,10-12H,8-9,13-14H2,1-2H3/b18-10-. The van der Waals surface area contributed by atoms with Crippen LogP contribution >= 0.6 is 15.9 Å². The normalized spacial score (nSPS) is 15.0. The summed E-state index contributed by atoms with van der Waals surface area (Å²) < 4.78 is 12.0. The molecule has 0 spiro atoms. The van der Waals surface area contributed by atoms with E-state index >= 15 is 0 Å². The van der Waals surface area contributed by atoms with Gasteiger partial charge in [0.05, 0.1) is 14.2 Å². The van der Waals surface area contributed by atoms with Crippen LogP contribution in [0.1, 0.15) is 16.7 Å². The average Bonchev–Trinajstić information content (AvgIpc) is 2.61. The molecule has 0 saturated carbocycles. The van der Waals surface area contributed by atoms with Crippen molar-refractivity contribution >= 4 is 22.0 Å². The Kier molecular flexibility index (Phi) is 5.59. The first kappa shape index (κ1) is 17.1. The lowest BCUT2D eigenvalue weighted by Gasteiger charge is -2.29. The minimum absolute atomic E-state index is 0.803. The molecule has 0 unspecified atom stereocenters. The van der Waals surface area contributed by atoms with Crippen LogP contribution in [0.3, 0.4) is 0 Å². The van der Waals surface area contributed by atoms with Crippen LogP contribution in [-0.2, 0) is 13.0 Å². The fourth-order valence-electron chi connectivity index (χ4n) is 3.07. The van der Waals surface area contributed by atoms with E-state index < -0.39 is 0 Å². The molecule has 0 amide bonds. The van der Waals surface area contributed by atoms with Crippen LogP contribution in [-0.4, -0.2) is 32.2 Å². The van der Waals surface area contributed by atoms with Crippen molar-refractivity contribution in [3.63, 3.8) is 0 Å². The van der Waals surface area contributed by atoms with E-state index in [9.17, 15) is 0 Å². The monoisotopic (exact) mass is 387 g/mol. The number of hydrogen-bond acceptors (Lipinski definition) is 3. The summed E-state index contributed by atoms with van der Waals surface area (Å²) in [5.41, 5.74) is 3.89. The van der Waals surface area contributed by atoms with E-state index in [2.05, 4.69) is 63.3 Å². The molecule has 0 radical (unpaired) electrons. The number of rotatable bonds is 5. The average molecular weight is 388 g/mol. The maximum Gasteiger partial charge on any atom is 0.161 e. The molecule has 0 aliphatic carbocycles. The van der Waals surface area contributed by atoms with Gasteiger partial charge < -0.3 is 9.47 Å². The Labute approximate surface area is 152 Å². The smallest absolute Gasteiger partial charge is 0.161 e. The predicted molar refractivity (Wildman–Crippen MR) is 102 cm³/mol. The summed E-state index contributed by atoms with van der Waals surface area (Å²) in [6.07, 6.45) is 3.21. The van der Waals surface area contributed by atoms with Gasteiger partial charge in [0.25, 0.3) is 0 Å². The molecular formula is C20H22BrNO2. The van der Waals surface area contributed by atoms with Crippen molar-refractivity contribution in [1.29, 1.82) is 0 Å². The summed E-state index contributed by atoms with van der Waals surface area (Å²) in [6, 6.07) is 14.6. The van der Waals surface area contributed by atoms with Crippen LogP contribution in [0, 0.1) is 0 Å². The van der Waals surface area contributed by atoms with Crippen LogP contribution in [0.15, 0.2) is 46.9 Å². The highest BCUT2D eigenvalue weighted by Gasteiger charge is 2.19. The zero-order chi connectivity index (χ0) is 16.9. The molecular weight excluding hydrogens is 366 g/mol. The Bertz CT molecular complexity index is 728. The molecule has 0 fully saturated rings. The second-order valence-electron chi connectivity index (χ2n) is 5.94. The van der Waals surface area contributed by atoms with Crippen molar-refractivity contribution in [2.45, 2.75) is 13.0 Å². The van der Waals surface area contributed by atoms with Crippen LogP contribution < -0.4 is 9.47 Å². The van der Waals surface area contributed by atoms with E-state index in [1.54, 1.807) is 14.2 Å². The molecule has 3 nitrogen and oxygen atoms in total. The lowest BCUT2D eigenvalue weighted by molar-refractivity contribution is 0.278. The van der Waals surface area contributed by atoms with Gasteiger partial charge in [0.1, 0.15) is 0 Å². The van der Waals surface area contributed by atoms with E-state index in [1.165, 1.54) is 21.2 Å². The highest BCUT2D eigenvalue weighted by Crippen LogP contribution is 2.33. The molecule has 0 N–H and O–H groups in total. The minimum atomic E-state index is 0.803. The van der Waals surface area contributed by atoms with Gasteiger partial charge in [-0.15, -0.1) is 0 Å². The molecule has 24 heavy (non-hydrogen) atoms. The molecule has 2 aromatic rings. The molecule has 1 heterocycles. The quantitative estimate of drug-likeness (QED) is 0.753. The van der Waals surface area contributed by atoms with Crippen LogP contribution in [0.4, 0.5) is 0 Å². The number of halogens is 1. The summed E-state index contributed by atoms with van der Waals surface area (Å²) in [6.45, 7) is 2.87. The number of methoxy groups -OCH3 is 2. The number of benzene rings is 2. The van der Waals surface area contributed by atoms with Gasteiger partial charge in [-0.25, -0.2) is 0 Å². The Morgan fingerprint density at radius 1 is 1.08 bits per heavy atom. The first-order chi connectivity index (χ1) is 11.7. The second-order valence-corrected chi connectivity index (χ2v) is 6.96. The van der Waals surface area contributed by atoms with Gasteiger partial charge >= 0.3 is 0 Å². The Morgan fingerprint density at radius 3 is 2.42 bits per heavy atom. The van der Waals surface area contributed by atoms with Crippen LogP contribution in [0.2, 0.25) is 0 Å². The molecule has 1 aliphatic rings. The lowest BCUT2D eigenvalue weighted by atomic mass is 9.99. The summed E-state index contributed by atoms with van der Waals surface area (Å²) in [5, 5.41) is 0. The van der Waals surface area contributed by atoms with Crippen molar-refractivity contribution in [2.24, 2.45) is 0 Å². The van der Waals surface area contributed by atoms with Crippen molar-refractivity contribution in [3.8, 4) is 11.5 Å². The Morgan fingerprint density at radius 2 is 1.75 bits per heavy atom. The fourth-order valence-corrected chi connectivity index (χ4v) is 3.68. The second kappa shape index (κ2) is 7.86. The molecule has 0 bridgehead atoms. The van der Waals surface area contributed by atoms with Gasteiger partial charge in [0, 0.05) is 24.1 Å². The highest BCUT2D eigenvalue weighted by molar-refractivity contribution is 9.11. The third kappa shape index (κ3) is 4.00. The molecule has 4 heteroatoms. The maximum absolute atomic E-state index is 5.43. The summed E-state index contributed by atoms with van der Waals surface area (Å²) in [5.74, 6) is 1.62. The minimum Gasteiger partial charge on any atom is -0.493 e. The van der Waals surface area contributed by atoms with E-state index in [4.69, 9.17) is 9.47 Å². The summed E-state index contributed by atoms with van der Waals surface area (Å²) in [4.78, 5) is 2.44. The zero-order valence-electron chi connectivity index (χ0n) is 14.1. The van der Waals surface area contributed by atoms with Gasteiger partial charge in [-0.3, -0.25) is 4.90 Å². The van der Waals surface area contributed by atoms with E-state index in [0.717, 1.165) is 37.6 Å². The Balaban J connectivity index is 1.72. The number of nitrogens with zero attached hydrogens (tertiary/aromatic N) is 1. The topological polar surface area (TPSA) is 21.7 Å². The maximum atomic E-state index is 5.43. The summed E-state index contributed by atoms with van der Waals surface area (Å²) >= 11 is 3.72. The lowest BCUT2D eigenvalue weighted by Crippen LogP contribution is -2.31. The van der Waals surface area contributed by atoms with E-state index in [1.807, 2.05) is 6.07 Å². The van der Waals surface area contributed by atoms with Crippen LogP contribution in [0.5, 0.6) is 11.5 Å². The molecule has 0 aromatic heterocycles. The van der Waals surface area contributed by atoms with Gasteiger partial charge in [0.2, 0.25) is 0 Å². The van der Waals surface area contributed by atoms with Gasteiger partial charge in [-0.05, 0) is 41.3 Å². The largest absolute Gasteiger partial charge is 0.493 e.